The van der Waals surface area contributed by atoms with Crippen LogP contribution in [0.2, 0.25) is 0 Å². The van der Waals surface area contributed by atoms with Gasteiger partial charge in [-0.15, -0.1) is 0 Å². The first kappa shape index (κ1) is 14.0. The van der Waals surface area contributed by atoms with Crippen molar-refractivity contribution in [3.8, 4) is 5.75 Å². The Balaban J connectivity index is 1.91. The maximum Gasteiger partial charge on any atom is 0.259 e. The highest BCUT2D eigenvalue weighted by Crippen LogP contribution is 2.22. The van der Waals surface area contributed by atoms with E-state index in [1.807, 2.05) is 30.3 Å². The molecule has 3 aromatic rings. The van der Waals surface area contributed by atoms with Crippen LogP contribution in [0.3, 0.4) is 0 Å². The maximum atomic E-state index is 13.3. The van der Waals surface area contributed by atoms with Crippen LogP contribution >= 0.6 is 0 Å². The van der Waals surface area contributed by atoms with Crippen LogP contribution in [0.4, 0.5) is 10.1 Å². The number of halogens is 1. The zero-order valence-electron chi connectivity index (χ0n) is 11.8. The SMILES string of the molecule is COc1ccc(F)cc1C(=O)Nc1cnc2ccccc2c1. The molecular formula is C17H13FN2O2. The van der Waals surface area contributed by atoms with Crippen LogP contribution in [0, 0.1) is 5.82 Å². The fraction of sp³-hybridized carbons (Fsp3) is 0.0588. The van der Waals surface area contributed by atoms with Crippen LogP contribution in [0.25, 0.3) is 10.9 Å². The van der Waals surface area contributed by atoms with E-state index in [9.17, 15) is 9.18 Å². The van der Waals surface area contributed by atoms with E-state index in [1.165, 1.54) is 19.2 Å². The highest BCUT2D eigenvalue weighted by atomic mass is 19.1. The van der Waals surface area contributed by atoms with Gasteiger partial charge in [0.15, 0.2) is 0 Å². The number of benzene rings is 2. The van der Waals surface area contributed by atoms with Crippen molar-refractivity contribution in [2.75, 3.05) is 12.4 Å². The molecule has 0 spiro atoms. The molecule has 110 valence electrons. The quantitative estimate of drug-likeness (QED) is 0.803. The second-order valence-electron chi connectivity index (χ2n) is 4.72. The number of hydrogen-bond acceptors (Lipinski definition) is 3. The Kier molecular flexibility index (Phi) is 3.70. The Morgan fingerprint density at radius 1 is 1.18 bits per heavy atom. The van der Waals surface area contributed by atoms with Crippen molar-refractivity contribution in [1.82, 2.24) is 4.98 Å². The summed E-state index contributed by atoms with van der Waals surface area (Å²) in [5.74, 6) is -0.635. The highest BCUT2D eigenvalue weighted by molar-refractivity contribution is 6.06. The van der Waals surface area contributed by atoms with E-state index in [0.717, 1.165) is 17.0 Å². The van der Waals surface area contributed by atoms with E-state index in [-0.39, 0.29) is 5.56 Å². The lowest BCUT2D eigenvalue weighted by Gasteiger charge is -2.09. The zero-order chi connectivity index (χ0) is 15.5. The molecule has 0 aliphatic rings. The summed E-state index contributed by atoms with van der Waals surface area (Å²) in [6, 6.07) is 13.2. The third kappa shape index (κ3) is 2.74. The number of fused-ring (bicyclic) bond motifs is 1. The molecule has 0 saturated carbocycles. The molecule has 0 bridgehead atoms. The molecule has 3 rings (SSSR count). The number of nitrogens with one attached hydrogen (secondary N) is 1. The normalized spacial score (nSPS) is 10.5. The highest BCUT2D eigenvalue weighted by Gasteiger charge is 2.14. The van der Waals surface area contributed by atoms with Gasteiger partial charge in [0.25, 0.3) is 5.91 Å². The molecule has 0 fully saturated rings. The first-order valence-corrected chi connectivity index (χ1v) is 6.67. The van der Waals surface area contributed by atoms with Gasteiger partial charge in [0, 0.05) is 5.39 Å². The van der Waals surface area contributed by atoms with E-state index in [0.29, 0.717) is 11.4 Å². The van der Waals surface area contributed by atoms with Gasteiger partial charge in [-0.05, 0) is 30.3 Å². The molecule has 1 amide bonds. The Morgan fingerprint density at radius 2 is 2.00 bits per heavy atom. The Bertz CT molecular complexity index is 849. The van der Waals surface area contributed by atoms with Gasteiger partial charge in [0.05, 0.1) is 30.1 Å². The van der Waals surface area contributed by atoms with Crippen LogP contribution < -0.4 is 10.1 Å². The van der Waals surface area contributed by atoms with Gasteiger partial charge in [-0.25, -0.2) is 4.39 Å². The third-order valence-electron chi connectivity index (χ3n) is 3.25. The fourth-order valence-electron chi connectivity index (χ4n) is 2.20. The summed E-state index contributed by atoms with van der Waals surface area (Å²) in [4.78, 5) is 16.6. The van der Waals surface area contributed by atoms with Crippen molar-refractivity contribution >= 4 is 22.5 Å². The van der Waals surface area contributed by atoms with Gasteiger partial charge in [-0.2, -0.15) is 0 Å². The van der Waals surface area contributed by atoms with Gasteiger partial charge < -0.3 is 10.1 Å². The second kappa shape index (κ2) is 5.81. The van der Waals surface area contributed by atoms with E-state index in [1.54, 1.807) is 6.20 Å². The average molecular weight is 296 g/mol. The second-order valence-corrected chi connectivity index (χ2v) is 4.72. The molecular weight excluding hydrogens is 283 g/mol. The number of para-hydroxylation sites is 1. The minimum atomic E-state index is -0.498. The molecule has 0 unspecified atom stereocenters. The summed E-state index contributed by atoms with van der Waals surface area (Å²) in [5.41, 5.74) is 1.51. The van der Waals surface area contributed by atoms with Crippen molar-refractivity contribution in [2.45, 2.75) is 0 Å². The number of nitrogens with zero attached hydrogens (tertiary/aromatic N) is 1. The molecule has 1 heterocycles. The van der Waals surface area contributed by atoms with Crippen LogP contribution in [0.5, 0.6) is 5.75 Å². The van der Waals surface area contributed by atoms with Crippen molar-refractivity contribution in [1.29, 1.82) is 0 Å². The van der Waals surface area contributed by atoms with E-state index in [4.69, 9.17) is 4.74 Å². The summed E-state index contributed by atoms with van der Waals surface area (Å²) < 4.78 is 18.4. The minimum Gasteiger partial charge on any atom is -0.496 e. The van der Waals surface area contributed by atoms with E-state index < -0.39 is 11.7 Å². The molecule has 0 aliphatic heterocycles. The maximum absolute atomic E-state index is 13.3. The van der Waals surface area contributed by atoms with Gasteiger partial charge in [0.2, 0.25) is 0 Å². The lowest BCUT2D eigenvalue weighted by atomic mass is 10.1. The summed E-state index contributed by atoms with van der Waals surface area (Å²) in [6.45, 7) is 0. The van der Waals surface area contributed by atoms with Crippen LogP contribution in [0.1, 0.15) is 10.4 Å². The van der Waals surface area contributed by atoms with Crippen molar-refractivity contribution in [3.63, 3.8) is 0 Å². The van der Waals surface area contributed by atoms with Crippen LogP contribution in [-0.2, 0) is 0 Å². The number of carbonyl (C=O) groups excluding carboxylic acids is 1. The monoisotopic (exact) mass is 296 g/mol. The van der Waals surface area contributed by atoms with Gasteiger partial charge in [-0.3, -0.25) is 9.78 Å². The van der Waals surface area contributed by atoms with Gasteiger partial charge in [-0.1, -0.05) is 18.2 Å². The molecule has 4 nitrogen and oxygen atoms in total. The van der Waals surface area contributed by atoms with Gasteiger partial charge in [0.1, 0.15) is 11.6 Å². The van der Waals surface area contributed by atoms with E-state index >= 15 is 0 Å². The Morgan fingerprint density at radius 3 is 2.82 bits per heavy atom. The number of carbonyl (C=O) groups is 1. The third-order valence-corrected chi connectivity index (χ3v) is 3.25. The van der Waals surface area contributed by atoms with E-state index in [2.05, 4.69) is 10.3 Å². The van der Waals surface area contributed by atoms with Crippen LogP contribution in [-0.4, -0.2) is 18.0 Å². The predicted octanol–water partition coefficient (Wildman–Crippen LogP) is 3.63. The number of aromatic nitrogens is 1. The number of pyridine rings is 1. The lowest BCUT2D eigenvalue weighted by Crippen LogP contribution is -2.13. The first-order chi connectivity index (χ1) is 10.7. The zero-order valence-corrected chi connectivity index (χ0v) is 11.8. The average Bonchev–Trinajstić information content (AvgIpc) is 2.54. The predicted molar refractivity (Wildman–Crippen MR) is 82.6 cm³/mol. The summed E-state index contributed by atoms with van der Waals surface area (Å²) >= 11 is 0. The fourth-order valence-corrected chi connectivity index (χ4v) is 2.20. The molecule has 0 radical (unpaired) electrons. The number of hydrogen-bond donors (Lipinski definition) is 1. The van der Waals surface area contributed by atoms with Gasteiger partial charge >= 0.3 is 0 Å². The number of methoxy groups -OCH3 is 1. The standard InChI is InChI=1S/C17H13FN2O2/c1-22-16-7-6-12(18)9-14(16)17(21)20-13-8-11-4-2-3-5-15(11)19-10-13/h2-10H,1H3,(H,20,21). The smallest absolute Gasteiger partial charge is 0.259 e. The minimum absolute atomic E-state index is 0.135. The number of amides is 1. The first-order valence-electron chi connectivity index (χ1n) is 6.67. The van der Waals surface area contributed by atoms with Crippen molar-refractivity contribution < 1.29 is 13.9 Å². The number of ether oxygens (including phenoxy) is 1. The number of rotatable bonds is 3. The molecule has 5 heteroatoms. The molecule has 0 aliphatic carbocycles. The largest absolute Gasteiger partial charge is 0.496 e. The molecule has 1 N–H and O–H groups in total. The molecule has 2 aromatic carbocycles. The van der Waals surface area contributed by atoms with Crippen molar-refractivity contribution in [3.05, 3.63) is 66.1 Å². The topological polar surface area (TPSA) is 51.2 Å². The summed E-state index contributed by atoms with van der Waals surface area (Å²) in [6.07, 6.45) is 1.56. The lowest BCUT2D eigenvalue weighted by molar-refractivity contribution is 0.102. The molecule has 0 atom stereocenters. The van der Waals surface area contributed by atoms with Crippen LogP contribution in [0.15, 0.2) is 54.7 Å². The summed E-state index contributed by atoms with van der Waals surface area (Å²) in [5, 5.41) is 3.61. The molecule has 1 aromatic heterocycles. The Hall–Kier alpha value is -2.95. The molecule has 22 heavy (non-hydrogen) atoms. The van der Waals surface area contributed by atoms with Crippen molar-refractivity contribution in [2.24, 2.45) is 0 Å². The summed E-state index contributed by atoms with van der Waals surface area (Å²) in [7, 11) is 1.43. The molecule has 0 saturated heterocycles. The Labute approximate surface area is 126 Å². The number of anilines is 1.